The molecular weight excluding hydrogens is 336 g/mol. The maximum Gasteiger partial charge on any atom is 0.272 e. The fourth-order valence-corrected chi connectivity index (χ4v) is 3.22. The van der Waals surface area contributed by atoms with Gasteiger partial charge in [-0.1, -0.05) is 30.5 Å². The van der Waals surface area contributed by atoms with E-state index >= 15 is 0 Å². The fourth-order valence-electron chi connectivity index (χ4n) is 3.04. The Kier molecular flexibility index (Phi) is 5.53. The molecule has 0 bridgehead atoms. The van der Waals surface area contributed by atoms with E-state index in [-0.39, 0.29) is 5.91 Å². The lowest BCUT2D eigenvalue weighted by Gasteiger charge is -2.20. The zero-order valence-corrected chi connectivity index (χ0v) is 15.4. The molecule has 1 amide bonds. The Balaban J connectivity index is 1.84. The van der Waals surface area contributed by atoms with Crippen LogP contribution in [0.2, 0.25) is 5.02 Å². The number of amides is 1. The predicted octanol–water partition coefficient (Wildman–Crippen LogP) is 4.51. The standard InChI is InChI=1S/C19H23ClN4O/c1-13-7-8-15(20)11-16(13)23-18-12-17(21-14(2)22-18)19(25)24-9-5-3-4-6-10-24/h7-8,11-12H,3-6,9-10H2,1-2H3,(H,21,22,23). The third-order valence-electron chi connectivity index (χ3n) is 4.41. The Bertz CT molecular complexity index is 770. The molecule has 25 heavy (non-hydrogen) atoms. The Hall–Kier alpha value is -2.14. The minimum absolute atomic E-state index is 0.0155. The zero-order chi connectivity index (χ0) is 17.8. The summed E-state index contributed by atoms with van der Waals surface area (Å²) in [5, 5.41) is 3.91. The molecule has 132 valence electrons. The van der Waals surface area contributed by atoms with Gasteiger partial charge in [-0.3, -0.25) is 4.79 Å². The van der Waals surface area contributed by atoms with Gasteiger partial charge in [-0.25, -0.2) is 9.97 Å². The summed E-state index contributed by atoms with van der Waals surface area (Å²) in [7, 11) is 0. The van der Waals surface area contributed by atoms with Crippen LogP contribution in [-0.4, -0.2) is 33.9 Å². The first-order valence-electron chi connectivity index (χ1n) is 8.71. The molecular formula is C19H23ClN4O. The second-order valence-electron chi connectivity index (χ2n) is 6.48. The molecule has 0 radical (unpaired) electrons. The maximum atomic E-state index is 12.8. The van der Waals surface area contributed by atoms with Gasteiger partial charge in [0.25, 0.3) is 5.91 Å². The van der Waals surface area contributed by atoms with Crippen molar-refractivity contribution >= 4 is 29.0 Å². The van der Waals surface area contributed by atoms with Crippen molar-refractivity contribution < 1.29 is 4.79 Å². The Morgan fingerprint density at radius 2 is 1.80 bits per heavy atom. The topological polar surface area (TPSA) is 58.1 Å². The smallest absolute Gasteiger partial charge is 0.272 e. The summed E-state index contributed by atoms with van der Waals surface area (Å²) in [4.78, 5) is 23.5. The molecule has 2 heterocycles. The molecule has 6 heteroatoms. The molecule has 3 rings (SSSR count). The number of nitrogens with one attached hydrogen (secondary N) is 1. The lowest BCUT2D eigenvalue weighted by atomic mass is 10.2. The summed E-state index contributed by atoms with van der Waals surface area (Å²) in [6.45, 7) is 5.40. The molecule has 0 saturated carbocycles. The number of rotatable bonds is 3. The number of carbonyl (C=O) groups excluding carboxylic acids is 1. The molecule has 0 atom stereocenters. The number of aryl methyl sites for hydroxylation is 2. The minimum Gasteiger partial charge on any atom is -0.340 e. The van der Waals surface area contributed by atoms with E-state index in [0.717, 1.165) is 37.2 Å². The van der Waals surface area contributed by atoms with E-state index in [1.807, 2.05) is 30.0 Å². The highest BCUT2D eigenvalue weighted by Crippen LogP contribution is 2.24. The van der Waals surface area contributed by atoms with E-state index in [9.17, 15) is 4.79 Å². The number of carbonyl (C=O) groups is 1. The SMILES string of the molecule is Cc1nc(Nc2cc(Cl)ccc2C)cc(C(=O)N2CCCCCC2)n1. The number of benzene rings is 1. The maximum absolute atomic E-state index is 12.8. The summed E-state index contributed by atoms with van der Waals surface area (Å²) in [6, 6.07) is 7.37. The molecule has 1 aliphatic heterocycles. The number of hydrogen-bond donors (Lipinski definition) is 1. The van der Waals surface area contributed by atoms with Crippen molar-refractivity contribution in [3.63, 3.8) is 0 Å². The molecule has 1 fully saturated rings. The van der Waals surface area contributed by atoms with E-state index in [4.69, 9.17) is 11.6 Å². The first kappa shape index (κ1) is 17.7. The van der Waals surface area contributed by atoms with E-state index in [2.05, 4.69) is 15.3 Å². The van der Waals surface area contributed by atoms with Gasteiger partial charge in [-0.2, -0.15) is 0 Å². The number of aromatic nitrogens is 2. The molecule has 0 spiro atoms. The van der Waals surface area contributed by atoms with Crippen LogP contribution in [0, 0.1) is 13.8 Å². The number of hydrogen-bond acceptors (Lipinski definition) is 4. The van der Waals surface area contributed by atoms with Crippen LogP contribution in [0.15, 0.2) is 24.3 Å². The van der Waals surface area contributed by atoms with Crippen LogP contribution in [0.3, 0.4) is 0 Å². The highest BCUT2D eigenvalue weighted by atomic mass is 35.5. The van der Waals surface area contributed by atoms with Gasteiger partial charge in [0.15, 0.2) is 0 Å². The van der Waals surface area contributed by atoms with Gasteiger partial charge in [-0.15, -0.1) is 0 Å². The van der Waals surface area contributed by atoms with Gasteiger partial charge in [0, 0.05) is 29.9 Å². The fraction of sp³-hybridized carbons (Fsp3) is 0.421. The van der Waals surface area contributed by atoms with Gasteiger partial charge >= 0.3 is 0 Å². The number of halogens is 1. The van der Waals surface area contributed by atoms with E-state index in [0.29, 0.717) is 22.4 Å². The second kappa shape index (κ2) is 7.83. The third kappa shape index (κ3) is 4.48. The van der Waals surface area contributed by atoms with Crippen LogP contribution < -0.4 is 5.32 Å². The summed E-state index contributed by atoms with van der Waals surface area (Å²) in [5.74, 6) is 1.16. The van der Waals surface area contributed by atoms with Crippen LogP contribution in [0.5, 0.6) is 0 Å². The Labute approximate surface area is 153 Å². The second-order valence-corrected chi connectivity index (χ2v) is 6.91. The van der Waals surface area contributed by atoms with Crippen LogP contribution in [0.4, 0.5) is 11.5 Å². The van der Waals surface area contributed by atoms with Crippen LogP contribution in [0.1, 0.15) is 47.6 Å². The van der Waals surface area contributed by atoms with Crippen LogP contribution >= 0.6 is 11.6 Å². The lowest BCUT2D eigenvalue weighted by molar-refractivity contribution is 0.0755. The van der Waals surface area contributed by atoms with Crippen molar-refractivity contribution in [3.8, 4) is 0 Å². The quantitative estimate of drug-likeness (QED) is 0.877. The van der Waals surface area contributed by atoms with Gasteiger partial charge in [-0.05, 0) is 44.4 Å². The molecule has 1 aliphatic rings. The molecule has 1 aromatic carbocycles. The highest BCUT2D eigenvalue weighted by molar-refractivity contribution is 6.30. The lowest BCUT2D eigenvalue weighted by Crippen LogP contribution is -2.32. The van der Waals surface area contributed by atoms with Crippen molar-refractivity contribution in [1.29, 1.82) is 0 Å². The van der Waals surface area contributed by atoms with Crippen molar-refractivity contribution in [2.75, 3.05) is 18.4 Å². The monoisotopic (exact) mass is 358 g/mol. The Morgan fingerprint density at radius 1 is 1.08 bits per heavy atom. The van der Waals surface area contributed by atoms with Gasteiger partial charge in [0.05, 0.1) is 0 Å². The largest absolute Gasteiger partial charge is 0.340 e. The molecule has 0 unspecified atom stereocenters. The van der Waals surface area contributed by atoms with Gasteiger partial charge in [0.2, 0.25) is 0 Å². The van der Waals surface area contributed by atoms with Gasteiger partial charge < -0.3 is 10.2 Å². The molecule has 0 aliphatic carbocycles. The summed E-state index contributed by atoms with van der Waals surface area (Å²) >= 11 is 6.08. The van der Waals surface area contributed by atoms with E-state index in [1.165, 1.54) is 12.8 Å². The molecule has 1 N–H and O–H groups in total. The number of nitrogens with zero attached hydrogens (tertiary/aromatic N) is 3. The van der Waals surface area contributed by atoms with Crippen molar-refractivity contribution in [2.24, 2.45) is 0 Å². The minimum atomic E-state index is -0.0155. The van der Waals surface area contributed by atoms with E-state index in [1.54, 1.807) is 13.0 Å². The highest BCUT2D eigenvalue weighted by Gasteiger charge is 2.19. The molecule has 1 saturated heterocycles. The predicted molar refractivity (Wildman–Crippen MR) is 101 cm³/mol. The van der Waals surface area contributed by atoms with Crippen molar-refractivity contribution in [3.05, 3.63) is 46.4 Å². The molecule has 5 nitrogen and oxygen atoms in total. The normalized spacial score (nSPS) is 14.9. The van der Waals surface area contributed by atoms with Gasteiger partial charge in [0.1, 0.15) is 17.3 Å². The average Bonchev–Trinajstić information content (AvgIpc) is 2.86. The van der Waals surface area contributed by atoms with Crippen LogP contribution in [-0.2, 0) is 0 Å². The summed E-state index contributed by atoms with van der Waals surface area (Å²) < 4.78 is 0. The van der Waals surface area contributed by atoms with Crippen molar-refractivity contribution in [2.45, 2.75) is 39.5 Å². The first-order valence-corrected chi connectivity index (χ1v) is 9.09. The zero-order valence-electron chi connectivity index (χ0n) is 14.7. The molecule has 2 aromatic rings. The number of anilines is 2. The van der Waals surface area contributed by atoms with Crippen LogP contribution in [0.25, 0.3) is 0 Å². The first-order chi connectivity index (χ1) is 12.0. The Morgan fingerprint density at radius 3 is 2.52 bits per heavy atom. The average molecular weight is 359 g/mol. The number of likely N-dealkylation sites (tertiary alicyclic amines) is 1. The molecule has 1 aromatic heterocycles. The van der Waals surface area contributed by atoms with Crippen molar-refractivity contribution in [1.82, 2.24) is 14.9 Å². The summed E-state index contributed by atoms with van der Waals surface area (Å²) in [6.07, 6.45) is 4.49. The van der Waals surface area contributed by atoms with E-state index < -0.39 is 0 Å². The summed E-state index contributed by atoms with van der Waals surface area (Å²) in [5.41, 5.74) is 2.37. The third-order valence-corrected chi connectivity index (χ3v) is 4.65.